The third kappa shape index (κ3) is 4.95. The Hall–Kier alpha value is -1.70. The average Bonchev–Trinajstić information content (AvgIpc) is 3.40. The molecule has 1 amide bonds. The number of likely N-dealkylation sites (tertiary alicyclic amines) is 1. The molecule has 4 rings (SSSR count). The van der Waals surface area contributed by atoms with Crippen LogP contribution in [0.25, 0.3) is 0 Å². The lowest BCUT2D eigenvalue weighted by Gasteiger charge is -2.32. The standard InChI is InChI=1S/C23H30N2O3S2/c1-17-11-18(2)13-19(12-17)22-6-3-8-24(22)15-23(26)25(14-21-5-4-9-29-21)20-7-10-30(27,28)16-20/h4-5,9,11-13,20,22H,3,6-8,10,14-16H2,1-2H3. The summed E-state index contributed by atoms with van der Waals surface area (Å²) in [7, 11) is -3.05. The number of hydrogen-bond donors (Lipinski definition) is 0. The van der Waals surface area contributed by atoms with E-state index in [-0.39, 0.29) is 29.5 Å². The lowest BCUT2D eigenvalue weighted by Crippen LogP contribution is -2.45. The molecule has 2 saturated heterocycles. The molecule has 2 unspecified atom stereocenters. The van der Waals surface area contributed by atoms with Crippen molar-refractivity contribution in [2.24, 2.45) is 0 Å². The molecule has 0 saturated carbocycles. The minimum atomic E-state index is -3.05. The highest BCUT2D eigenvalue weighted by molar-refractivity contribution is 7.91. The van der Waals surface area contributed by atoms with Crippen molar-refractivity contribution in [1.29, 1.82) is 0 Å². The molecule has 1 aromatic carbocycles. The fraction of sp³-hybridized carbons (Fsp3) is 0.522. The molecule has 0 bridgehead atoms. The number of amides is 1. The monoisotopic (exact) mass is 446 g/mol. The highest BCUT2D eigenvalue weighted by Gasteiger charge is 2.36. The van der Waals surface area contributed by atoms with Gasteiger partial charge in [-0.1, -0.05) is 35.4 Å². The summed E-state index contributed by atoms with van der Waals surface area (Å²) < 4.78 is 24.1. The maximum Gasteiger partial charge on any atom is 0.237 e. The minimum absolute atomic E-state index is 0.0433. The number of nitrogens with zero attached hydrogens (tertiary/aromatic N) is 2. The van der Waals surface area contributed by atoms with Crippen LogP contribution in [0.2, 0.25) is 0 Å². The second-order valence-corrected chi connectivity index (χ2v) is 12.0. The number of carbonyl (C=O) groups excluding carboxylic acids is 1. The van der Waals surface area contributed by atoms with Crippen LogP contribution in [-0.2, 0) is 21.2 Å². The van der Waals surface area contributed by atoms with E-state index in [2.05, 4.69) is 36.9 Å². The molecule has 2 aliphatic rings. The fourth-order valence-electron chi connectivity index (χ4n) is 4.87. The van der Waals surface area contributed by atoms with Gasteiger partial charge in [0.15, 0.2) is 9.84 Å². The van der Waals surface area contributed by atoms with Gasteiger partial charge in [0, 0.05) is 17.0 Å². The number of carbonyl (C=O) groups is 1. The van der Waals surface area contributed by atoms with Gasteiger partial charge in [-0.3, -0.25) is 9.69 Å². The quantitative estimate of drug-likeness (QED) is 0.679. The van der Waals surface area contributed by atoms with E-state index in [4.69, 9.17) is 0 Å². The van der Waals surface area contributed by atoms with Gasteiger partial charge in [-0.15, -0.1) is 11.3 Å². The molecule has 2 fully saturated rings. The van der Waals surface area contributed by atoms with Gasteiger partial charge in [-0.2, -0.15) is 0 Å². The number of aryl methyl sites for hydroxylation is 2. The molecule has 162 valence electrons. The Morgan fingerprint density at radius 2 is 1.97 bits per heavy atom. The highest BCUT2D eigenvalue weighted by Crippen LogP contribution is 2.33. The molecule has 1 aromatic heterocycles. The maximum absolute atomic E-state index is 13.4. The first kappa shape index (κ1) is 21.5. The van der Waals surface area contributed by atoms with Crippen molar-refractivity contribution in [1.82, 2.24) is 9.80 Å². The van der Waals surface area contributed by atoms with Gasteiger partial charge < -0.3 is 4.90 Å². The van der Waals surface area contributed by atoms with Crippen molar-refractivity contribution in [2.75, 3.05) is 24.6 Å². The number of thiophene rings is 1. The van der Waals surface area contributed by atoms with Crippen molar-refractivity contribution < 1.29 is 13.2 Å². The van der Waals surface area contributed by atoms with Crippen molar-refractivity contribution in [3.8, 4) is 0 Å². The predicted molar refractivity (Wildman–Crippen MR) is 121 cm³/mol. The molecule has 0 radical (unpaired) electrons. The van der Waals surface area contributed by atoms with E-state index in [9.17, 15) is 13.2 Å². The molecule has 2 aromatic rings. The number of hydrogen-bond acceptors (Lipinski definition) is 5. The van der Waals surface area contributed by atoms with E-state index < -0.39 is 9.84 Å². The van der Waals surface area contributed by atoms with Crippen LogP contribution in [0.4, 0.5) is 0 Å². The Kier molecular flexibility index (Phi) is 6.32. The summed E-state index contributed by atoms with van der Waals surface area (Å²) in [5.41, 5.74) is 3.78. The normalized spacial score (nSPS) is 23.7. The van der Waals surface area contributed by atoms with E-state index >= 15 is 0 Å². The average molecular weight is 447 g/mol. The van der Waals surface area contributed by atoms with Gasteiger partial charge in [0.1, 0.15) is 0 Å². The molecule has 0 N–H and O–H groups in total. The van der Waals surface area contributed by atoms with Crippen LogP contribution in [0.15, 0.2) is 35.7 Å². The molecule has 0 spiro atoms. The van der Waals surface area contributed by atoms with Crippen LogP contribution < -0.4 is 0 Å². The second-order valence-electron chi connectivity index (χ2n) is 8.71. The van der Waals surface area contributed by atoms with Crippen LogP contribution >= 0.6 is 11.3 Å². The highest BCUT2D eigenvalue weighted by atomic mass is 32.2. The SMILES string of the molecule is Cc1cc(C)cc(C2CCCN2CC(=O)N(Cc2cccs2)C2CCS(=O)(=O)C2)c1. The van der Waals surface area contributed by atoms with E-state index in [1.54, 1.807) is 11.3 Å². The Morgan fingerprint density at radius 3 is 2.60 bits per heavy atom. The molecule has 2 atom stereocenters. The summed E-state index contributed by atoms with van der Waals surface area (Å²) in [5.74, 6) is 0.313. The Morgan fingerprint density at radius 1 is 1.20 bits per heavy atom. The number of benzene rings is 1. The van der Waals surface area contributed by atoms with Crippen LogP contribution in [0.5, 0.6) is 0 Å². The molecular formula is C23H30N2O3S2. The number of rotatable bonds is 6. The summed E-state index contributed by atoms with van der Waals surface area (Å²) in [6.45, 7) is 5.98. The van der Waals surface area contributed by atoms with E-state index in [1.807, 2.05) is 22.4 Å². The van der Waals surface area contributed by atoms with Crippen LogP contribution in [0.3, 0.4) is 0 Å². The fourth-order valence-corrected chi connectivity index (χ4v) is 7.31. The number of sulfone groups is 1. The first-order valence-corrected chi connectivity index (χ1v) is 13.4. The molecule has 30 heavy (non-hydrogen) atoms. The van der Waals surface area contributed by atoms with E-state index in [0.717, 1.165) is 24.3 Å². The van der Waals surface area contributed by atoms with Gasteiger partial charge in [0.2, 0.25) is 5.91 Å². The molecule has 3 heterocycles. The third-order valence-corrected chi connectivity index (χ3v) is 8.82. The Labute approximate surface area is 183 Å². The topological polar surface area (TPSA) is 57.7 Å². The Balaban J connectivity index is 1.52. The predicted octanol–water partition coefficient (Wildman–Crippen LogP) is 3.72. The molecule has 2 aliphatic heterocycles. The molecular weight excluding hydrogens is 416 g/mol. The summed E-state index contributed by atoms with van der Waals surface area (Å²) in [6.07, 6.45) is 2.67. The maximum atomic E-state index is 13.4. The molecule has 0 aliphatic carbocycles. The third-order valence-electron chi connectivity index (χ3n) is 6.21. The van der Waals surface area contributed by atoms with Crippen molar-refractivity contribution >= 4 is 27.1 Å². The molecule has 5 nitrogen and oxygen atoms in total. The van der Waals surface area contributed by atoms with Crippen molar-refractivity contribution in [3.63, 3.8) is 0 Å². The second kappa shape index (κ2) is 8.81. The largest absolute Gasteiger partial charge is 0.332 e. The summed E-state index contributed by atoms with van der Waals surface area (Å²) in [6, 6.07) is 10.7. The zero-order chi connectivity index (χ0) is 21.3. The Bertz CT molecular complexity index is 981. The van der Waals surface area contributed by atoms with Crippen molar-refractivity contribution in [2.45, 2.75) is 51.7 Å². The zero-order valence-electron chi connectivity index (χ0n) is 17.7. The first-order valence-electron chi connectivity index (χ1n) is 10.7. The van der Waals surface area contributed by atoms with Crippen LogP contribution in [0, 0.1) is 13.8 Å². The minimum Gasteiger partial charge on any atom is -0.332 e. The lowest BCUT2D eigenvalue weighted by molar-refractivity contribution is -0.135. The molecule has 7 heteroatoms. The summed E-state index contributed by atoms with van der Waals surface area (Å²) in [5, 5.41) is 2.00. The summed E-state index contributed by atoms with van der Waals surface area (Å²) in [4.78, 5) is 18.6. The van der Waals surface area contributed by atoms with Crippen LogP contribution in [-0.4, -0.2) is 54.8 Å². The van der Waals surface area contributed by atoms with Gasteiger partial charge in [-0.25, -0.2) is 8.42 Å². The van der Waals surface area contributed by atoms with Gasteiger partial charge in [0.25, 0.3) is 0 Å². The smallest absolute Gasteiger partial charge is 0.237 e. The van der Waals surface area contributed by atoms with E-state index in [0.29, 0.717) is 19.5 Å². The van der Waals surface area contributed by atoms with Crippen molar-refractivity contribution in [3.05, 3.63) is 57.3 Å². The first-order chi connectivity index (χ1) is 14.3. The van der Waals surface area contributed by atoms with E-state index in [1.165, 1.54) is 16.7 Å². The zero-order valence-corrected chi connectivity index (χ0v) is 19.3. The van der Waals surface area contributed by atoms with Gasteiger partial charge in [-0.05, 0) is 56.7 Å². The van der Waals surface area contributed by atoms with Gasteiger partial charge in [0.05, 0.1) is 24.6 Å². The summed E-state index contributed by atoms with van der Waals surface area (Å²) >= 11 is 1.61. The lowest BCUT2D eigenvalue weighted by atomic mass is 9.99. The van der Waals surface area contributed by atoms with Crippen LogP contribution in [0.1, 0.15) is 46.9 Å². The van der Waals surface area contributed by atoms with Gasteiger partial charge >= 0.3 is 0 Å².